The largest absolute Gasteiger partial charge is 0.434 e. The number of nitrogens with zero attached hydrogens (tertiary/aromatic N) is 8. The topological polar surface area (TPSA) is 232 Å². The molecule has 0 fully saturated rings. The van der Waals surface area contributed by atoms with Gasteiger partial charge in [0.15, 0.2) is 17.6 Å². The van der Waals surface area contributed by atoms with Crippen LogP contribution in [0.4, 0.5) is 49.1 Å². The molecular weight excluding hydrogens is 1110 g/mol. The lowest BCUT2D eigenvalue weighted by Gasteiger charge is -2.13. The molecule has 0 atom stereocenters. The first kappa shape index (κ1) is 58.1. The number of alkyl halides is 6. The van der Waals surface area contributed by atoms with Gasteiger partial charge in [0.25, 0.3) is 11.8 Å². The van der Waals surface area contributed by atoms with Gasteiger partial charge in [-0.15, -0.1) is 0 Å². The van der Waals surface area contributed by atoms with Gasteiger partial charge in [0.1, 0.15) is 17.2 Å². The summed E-state index contributed by atoms with van der Waals surface area (Å²) < 4.78 is 100. The number of hydrogen-bond acceptors (Lipinski definition) is 12. The van der Waals surface area contributed by atoms with Crippen molar-refractivity contribution in [3.63, 3.8) is 0 Å². The monoisotopic (exact) mass is 1140 g/mol. The normalized spacial score (nSPS) is 10.9. The molecule has 2 aromatic heterocycles. The smallest absolute Gasteiger partial charge is 0.425 e. The highest BCUT2D eigenvalue weighted by Crippen LogP contribution is 2.36. The minimum absolute atomic E-state index is 0.0862. The Hall–Kier alpha value is -10.6. The Kier molecular flexibility index (Phi) is 19.4. The summed E-state index contributed by atoms with van der Waals surface area (Å²) in [6.45, 7) is 0. The highest BCUT2D eigenvalue weighted by molar-refractivity contribution is 6.30. The zero-order chi connectivity index (χ0) is 57.9. The lowest BCUT2D eigenvalue weighted by atomic mass is 10.2. The molecule has 9 rings (SSSR count). The molecule has 0 aliphatic heterocycles. The lowest BCUT2D eigenvalue weighted by molar-refractivity contribution is -0.143. The van der Waals surface area contributed by atoms with Gasteiger partial charge < -0.3 is 30.6 Å². The Bertz CT molecular complexity index is 3700. The molecular formula is C56H38Cl2F6N12O5. The fraction of sp³-hybridized carbons (Fsp3) is 0.0357. The third kappa shape index (κ3) is 16.7. The van der Waals surface area contributed by atoms with Crippen LogP contribution in [-0.2, 0) is 12.4 Å². The number of nitrogens with one attached hydrogen (secondary N) is 3. The number of nitriles is 2. The fourth-order valence-corrected chi connectivity index (χ4v) is 7.18. The average molecular weight is 1140 g/mol. The molecule has 25 heteroatoms. The molecule has 0 radical (unpaired) electrons. The highest BCUT2D eigenvalue weighted by Gasteiger charge is 2.42. The first-order valence-electron chi connectivity index (χ1n) is 23.2. The molecule has 81 heavy (non-hydrogen) atoms. The number of carbonyl (C=O) groups excluding carboxylic acids is 2. The Morgan fingerprint density at radius 3 is 1.38 bits per heavy atom. The number of amides is 2. The van der Waals surface area contributed by atoms with Crippen LogP contribution in [0.1, 0.15) is 32.1 Å². The number of carbonyl (C=O) groups is 2. The average Bonchev–Trinajstić information content (AvgIpc) is 4.17. The molecule has 0 spiro atoms. The summed E-state index contributed by atoms with van der Waals surface area (Å²) in [5.41, 5.74) is 3.21. The number of benzene rings is 7. The summed E-state index contributed by atoms with van der Waals surface area (Å²) in [6, 6.07) is 49.7. The van der Waals surface area contributed by atoms with E-state index in [0.29, 0.717) is 42.3 Å². The number of nitrogens with two attached hydrogens (primary N) is 1. The molecule has 2 amide bonds. The van der Waals surface area contributed by atoms with Gasteiger partial charge in [-0.2, -0.15) is 52.1 Å². The van der Waals surface area contributed by atoms with Gasteiger partial charge in [0.2, 0.25) is 6.19 Å². The van der Waals surface area contributed by atoms with E-state index < -0.39 is 46.7 Å². The van der Waals surface area contributed by atoms with Crippen LogP contribution in [0, 0.1) is 22.9 Å². The van der Waals surface area contributed by atoms with E-state index in [1.807, 2.05) is 36.4 Å². The summed E-state index contributed by atoms with van der Waals surface area (Å²) >= 11 is 11.6. The minimum Gasteiger partial charge on any atom is -0.425 e. The van der Waals surface area contributed by atoms with Crippen molar-refractivity contribution in [3.8, 4) is 41.0 Å². The standard InChI is InChI=1S/C25H16ClF3N6O2.C17H12ClF3N4O.C14H10N2O2/c26-16-9-11-19(12-10-16)35-22(25(27,28)29)21(14-32-35)23(36)33-17-5-4-6-18(13-17)34-24(31-15-30)37-20-7-2-1-3-8-20;18-10-4-6-13(7-5-10)25-15(17(19,20)21)14(9-23-25)16(26)24-12-3-1-2-11(22)8-12;15-11-16-14(17-12-7-3-1-4-8-12)18-13-9-5-2-6-10-13/h1-14H,(H,31,34)(H,33,36);1-9H,22H2,(H,24,26);1-10H. The molecule has 0 unspecified atom stereocenters. The molecule has 0 aliphatic rings. The van der Waals surface area contributed by atoms with Gasteiger partial charge in [-0.3, -0.25) is 9.59 Å². The van der Waals surface area contributed by atoms with E-state index in [1.54, 1.807) is 85.2 Å². The molecule has 9 aromatic rings. The Morgan fingerprint density at radius 1 is 0.556 bits per heavy atom. The predicted octanol–water partition coefficient (Wildman–Crippen LogP) is 13.3. The summed E-state index contributed by atoms with van der Waals surface area (Å²) in [5.74, 6) is -0.427. The minimum atomic E-state index is -4.87. The summed E-state index contributed by atoms with van der Waals surface area (Å²) in [7, 11) is 0. The molecule has 2 heterocycles. The van der Waals surface area contributed by atoms with Crippen LogP contribution in [-0.4, -0.2) is 43.5 Å². The summed E-state index contributed by atoms with van der Waals surface area (Å²) in [5, 5.41) is 32.9. The number of halogens is 8. The van der Waals surface area contributed by atoms with Crippen molar-refractivity contribution in [2.75, 3.05) is 16.4 Å². The van der Waals surface area contributed by atoms with Crippen molar-refractivity contribution in [2.45, 2.75) is 12.4 Å². The van der Waals surface area contributed by atoms with Crippen molar-refractivity contribution < 1.29 is 50.1 Å². The van der Waals surface area contributed by atoms with Crippen molar-refractivity contribution >= 4 is 69.9 Å². The Labute approximate surface area is 466 Å². The van der Waals surface area contributed by atoms with Gasteiger partial charge in [-0.05, 0) is 121 Å². The van der Waals surface area contributed by atoms with Gasteiger partial charge in [0.05, 0.1) is 40.6 Å². The van der Waals surface area contributed by atoms with E-state index >= 15 is 0 Å². The van der Waals surface area contributed by atoms with Crippen molar-refractivity contribution in [3.05, 3.63) is 233 Å². The van der Waals surface area contributed by atoms with Gasteiger partial charge in [-0.1, -0.05) is 94.9 Å². The van der Waals surface area contributed by atoms with E-state index in [4.69, 9.17) is 53.7 Å². The number of ether oxygens (including phenoxy) is 3. The van der Waals surface area contributed by atoms with E-state index in [0.717, 1.165) is 12.4 Å². The van der Waals surface area contributed by atoms with Crippen LogP contribution >= 0.6 is 23.2 Å². The lowest BCUT2D eigenvalue weighted by Crippen LogP contribution is -2.24. The van der Waals surface area contributed by atoms with Gasteiger partial charge in [0, 0.05) is 27.1 Å². The molecule has 5 N–H and O–H groups in total. The van der Waals surface area contributed by atoms with Crippen molar-refractivity contribution in [2.24, 2.45) is 9.98 Å². The van der Waals surface area contributed by atoms with Crippen molar-refractivity contribution in [1.29, 1.82) is 10.5 Å². The third-order valence-corrected chi connectivity index (χ3v) is 10.8. The van der Waals surface area contributed by atoms with E-state index in [1.165, 1.54) is 78.9 Å². The SMILES string of the molecule is N#CN=C(Oc1ccccc1)Oc1ccccc1.N#CNC(=Nc1cccc(NC(=O)c2cnn(-c3ccc(Cl)cc3)c2C(F)(F)F)c1)Oc1ccccc1.Nc1cccc(NC(=O)c2cnn(-c3ccc(Cl)cc3)c2C(F)(F)F)c1. The molecule has 0 bridgehead atoms. The Morgan fingerprint density at radius 2 is 0.975 bits per heavy atom. The van der Waals surface area contributed by atoms with E-state index in [-0.39, 0.29) is 40.5 Å². The second-order valence-corrected chi connectivity index (χ2v) is 16.9. The quantitative estimate of drug-likeness (QED) is 0.0251. The number of nitrogen functional groups attached to an aromatic ring is 1. The van der Waals surface area contributed by atoms with Crippen LogP contribution in [0.15, 0.2) is 210 Å². The zero-order valence-electron chi connectivity index (χ0n) is 41.3. The Balaban J connectivity index is 0.000000187. The van der Waals surface area contributed by atoms with Crippen LogP contribution in [0.2, 0.25) is 10.0 Å². The number of aromatic nitrogens is 4. The summed E-state index contributed by atoms with van der Waals surface area (Å²) in [6.07, 6.45) is -4.69. The molecule has 408 valence electrons. The third-order valence-electron chi connectivity index (χ3n) is 10.3. The van der Waals surface area contributed by atoms with Gasteiger partial charge in [-0.25, -0.2) is 14.7 Å². The number of aliphatic imine (C=N–C) groups is 2. The molecule has 0 aliphatic carbocycles. The first-order valence-corrected chi connectivity index (χ1v) is 23.9. The maximum absolute atomic E-state index is 13.9. The highest BCUT2D eigenvalue weighted by atomic mass is 35.5. The summed E-state index contributed by atoms with van der Waals surface area (Å²) in [4.78, 5) is 32.9. The zero-order valence-corrected chi connectivity index (χ0v) is 42.8. The number of rotatable bonds is 10. The van der Waals surface area contributed by atoms with Crippen LogP contribution in [0.3, 0.4) is 0 Å². The second kappa shape index (κ2) is 27.1. The maximum Gasteiger partial charge on any atom is 0.434 e. The second-order valence-electron chi connectivity index (χ2n) is 16.0. The molecule has 7 aromatic carbocycles. The van der Waals surface area contributed by atoms with E-state index in [2.05, 4.69) is 36.1 Å². The number of anilines is 3. The molecule has 17 nitrogen and oxygen atoms in total. The maximum atomic E-state index is 13.9. The van der Waals surface area contributed by atoms with Crippen LogP contribution in [0.5, 0.6) is 17.2 Å². The van der Waals surface area contributed by atoms with Crippen molar-refractivity contribution in [1.82, 2.24) is 24.9 Å². The van der Waals surface area contributed by atoms with Crippen LogP contribution < -0.4 is 35.9 Å². The fourth-order valence-electron chi connectivity index (χ4n) is 6.92. The van der Waals surface area contributed by atoms with E-state index in [9.17, 15) is 35.9 Å². The van der Waals surface area contributed by atoms with Crippen LogP contribution in [0.25, 0.3) is 11.4 Å². The molecule has 0 saturated carbocycles. The number of para-hydroxylation sites is 3. The number of hydrogen-bond donors (Lipinski definition) is 4. The van der Waals surface area contributed by atoms with Gasteiger partial charge >= 0.3 is 24.5 Å². The predicted molar refractivity (Wildman–Crippen MR) is 290 cm³/mol. The molecule has 0 saturated heterocycles. The number of amidine groups is 1. The first-order chi connectivity index (χ1) is 38.9.